The Morgan fingerprint density at radius 3 is 2.27 bits per heavy atom. The number of esters is 1. The Bertz CT molecular complexity index is 1060. The van der Waals surface area contributed by atoms with Crippen LogP contribution in [0.1, 0.15) is 49.8 Å². The Labute approximate surface area is 196 Å². The third-order valence-electron chi connectivity index (χ3n) is 5.48. The molecule has 0 spiro atoms. The fourth-order valence-electron chi connectivity index (χ4n) is 3.73. The number of ether oxygens (including phenoxy) is 1. The maximum Gasteiger partial charge on any atom is 0.341 e. The van der Waals surface area contributed by atoms with Crippen LogP contribution in [0.4, 0.5) is 10.7 Å². The lowest BCUT2D eigenvalue weighted by Gasteiger charge is -2.35. The summed E-state index contributed by atoms with van der Waals surface area (Å²) in [7, 11) is 0. The van der Waals surface area contributed by atoms with Gasteiger partial charge in [0.1, 0.15) is 5.00 Å². The average molecular weight is 473 g/mol. The van der Waals surface area contributed by atoms with Gasteiger partial charge in [-0.15, -0.1) is 11.3 Å². The van der Waals surface area contributed by atoms with E-state index in [-0.39, 0.29) is 40.3 Å². The Hall–Kier alpha value is -3.24. The van der Waals surface area contributed by atoms with E-state index in [9.17, 15) is 19.2 Å². The highest BCUT2D eigenvalue weighted by Gasteiger charge is 2.26. The number of nitrogens with two attached hydrogens (primary N) is 1. The first kappa shape index (κ1) is 24.4. The van der Waals surface area contributed by atoms with E-state index in [1.54, 1.807) is 20.8 Å². The Kier molecular flexibility index (Phi) is 7.83. The highest BCUT2D eigenvalue weighted by molar-refractivity contribution is 7.18. The van der Waals surface area contributed by atoms with E-state index in [2.05, 4.69) is 10.2 Å². The van der Waals surface area contributed by atoms with Crippen molar-refractivity contribution in [3.63, 3.8) is 0 Å². The third kappa shape index (κ3) is 5.77. The van der Waals surface area contributed by atoms with Crippen molar-refractivity contribution in [1.82, 2.24) is 4.90 Å². The van der Waals surface area contributed by atoms with Gasteiger partial charge in [-0.05, 0) is 50.6 Å². The van der Waals surface area contributed by atoms with Gasteiger partial charge >= 0.3 is 5.97 Å². The van der Waals surface area contributed by atoms with Gasteiger partial charge in [0.05, 0.1) is 23.6 Å². The van der Waals surface area contributed by atoms with Crippen molar-refractivity contribution >= 4 is 45.6 Å². The van der Waals surface area contributed by atoms with Crippen molar-refractivity contribution in [2.45, 2.75) is 20.8 Å². The number of thiophene rings is 1. The fourth-order valence-corrected chi connectivity index (χ4v) is 4.79. The van der Waals surface area contributed by atoms with E-state index in [1.165, 1.54) is 0 Å². The number of anilines is 2. The van der Waals surface area contributed by atoms with Gasteiger partial charge in [-0.2, -0.15) is 0 Å². The zero-order chi connectivity index (χ0) is 24.1. The molecule has 1 aliphatic rings. The highest BCUT2D eigenvalue weighted by atomic mass is 32.1. The summed E-state index contributed by atoms with van der Waals surface area (Å²) >= 11 is 0.981. The average Bonchev–Trinajstić information content (AvgIpc) is 3.10. The van der Waals surface area contributed by atoms with Crippen LogP contribution in [-0.2, 0) is 9.53 Å². The zero-order valence-corrected chi connectivity index (χ0v) is 19.8. The van der Waals surface area contributed by atoms with E-state index in [0.29, 0.717) is 24.2 Å². The minimum Gasteiger partial charge on any atom is -0.462 e. The second-order valence-corrected chi connectivity index (χ2v) is 8.78. The van der Waals surface area contributed by atoms with E-state index >= 15 is 0 Å². The summed E-state index contributed by atoms with van der Waals surface area (Å²) < 4.78 is 5.08. The SMILES string of the molecule is CCOC(=O)c1c(NC(=O)CN2CCN(c3ccc(C(C)=O)cc3)CC2)sc(C(N)=O)c1C. The fraction of sp³-hybridized carbons (Fsp3) is 0.391. The topological polar surface area (TPSA) is 122 Å². The number of carbonyl (C=O) groups excluding carboxylic acids is 4. The van der Waals surface area contributed by atoms with Crippen LogP contribution in [0, 0.1) is 6.92 Å². The Morgan fingerprint density at radius 1 is 1.09 bits per heavy atom. The molecule has 1 aromatic carbocycles. The van der Waals surface area contributed by atoms with Gasteiger partial charge < -0.3 is 20.7 Å². The normalized spacial score (nSPS) is 14.1. The van der Waals surface area contributed by atoms with Crippen LogP contribution in [0.3, 0.4) is 0 Å². The molecule has 2 heterocycles. The van der Waals surface area contributed by atoms with Crippen molar-refractivity contribution in [2.24, 2.45) is 5.73 Å². The molecule has 0 atom stereocenters. The monoisotopic (exact) mass is 472 g/mol. The molecule has 2 aromatic rings. The van der Waals surface area contributed by atoms with Gasteiger partial charge in [-0.25, -0.2) is 4.79 Å². The highest BCUT2D eigenvalue weighted by Crippen LogP contribution is 2.33. The first-order valence-corrected chi connectivity index (χ1v) is 11.5. The molecular formula is C23H28N4O5S. The molecule has 10 heteroatoms. The maximum atomic E-state index is 12.7. The van der Waals surface area contributed by atoms with Gasteiger partial charge in [0.2, 0.25) is 5.91 Å². The van der Waals surface area contributed by atoms with E-state index < -0.39 is 11.9 Å². The molecule has 0 radical (unpaired) electrons. The van der Waals surface area contributed by atoms with Crippen molar-refractivity contribution in [3.8, 4) is 0 Å². The second-order valence-electron chi connectivity index (χ2n) is 7.76. The summed E-state index contributed by atoms with van der Waals surface area (Å²) in [4.78, 5) is 52.7. The number of Topliss-reactive ketones (excluding diaryl/α,β-unsaturated/α-hetero) is 1. The molecule has 0 aliphatic carbocycles. The quantitative estimate of drug-likeness (QED) is 0.446. The molecule has 0 unspecified atom stereocenters. The maximum absolute atomic E-state index is 12.7. The number of primary amides is 1. The molecule has 1 fully saturated rings. The summed E-state index contributed by atoms with van der Waals surface area (Å²) in [6.07, 6.45) is 0. The van der Waals surface area contributed by atoms with Crippen LogP contribution in [0.5, 0.6) is 0 Å². The molecule has 0 bridgehead atoms. The molecule has 2 amide bonds. The molecule has 1 saturated heterocycles. The number of benzene rings is 1. The molecular weight excluding hydrogens is 444 g/mol. The lowest BCUT2D eigenvalue weighted by Crippen LogP contribution is -2.48. The third-order valence-corrected chi connectivity index (χ3v) is 6.70. The predicted molar refractivity (Wildman–Crippen MR) is 127 cm³/mol. The van der Waals surface area contributed by atoms with Gasteiger partial charge in [0, 0.05) is 37.4 Å². The summed E-state index contributed by atoms with van der Waals surface area (Å²) in [5.74, 6) is -1.50. The first-order valence-electron chi connectivity index (χ1n) is 10.7. The molecule has 3 N–H and O–H groups in total. The van der Waals surface area contributed by atoms with Crippen molar-refractivity contribution in [1.29, 1.82) is 0 Å². The Morgan fingerprint density at radius 2 is 1.73 bits per heavy atom. The van der Waals surface area contributed by atoms with Crippen LogP contribution in [0.15, 0.2) is 24.3 Å². The molecule has 1 aliphatic heterocycles. The zero-order valence-electron chi connectivity index (χ0n) is 19.0. The van der Waals surface area contributed by atoms with E-state index in [1.807, 2.05) is 29.2 Å². The number of hydrogen-bond donors (Lipinski definition) is 2. The number of carbonyl (C=O) groups is 4. The van der Waals surface area contributed by atoms with Crippen LogP contribution in [0.25, 0.3) is 0 Å². The van der Waals surface area contributed by atoms with Gasteiger partial charge in [0.15, 0.2) is 5.78 Å². The van der Waals surface area contributed by atoms with Crippen LogP contribution < -0.4 is 16.0 Å². The van der Waals surface area contributed by atoms with E-state index in [4.69, 9.17) is 10.5 Å². The van der Waals surface area contributed by atoms with Crippen molar-refractivity contribution in [2.75, 3.05) is 49.5 Å². The minimum atomic E-state index is -0.656. The second kappa shape index (κ2) is 10.6. The number of ketones is 1. The molecule has 176 valence electrons. The number of rotatable bonds is 8. The van der Waals surface area contributed by atoms with Crippen molar-refractivity contribution < 1.29 is 23.9 Å². The lowest BCUT2D eigenvalue weighted by atomic mass is 10.1. The van der Waals surface area contributed by atoms with Crippen molar-refractivity contribution in [3.05, 3.63) is 45.8 Å². The molecule has 0 saturated carbocycles. The largest absolute Gasteiger partial charge is 0.462 e. The summed E-state index contributed by atoms with van der Waals surface area (Å²) in [5, 5.41) is 3.03. The summed E-state index contributed by atoms with van der Waals surface area (Å²) in [6.45, 7) is 8.02. The summed E-state index contributed by atoms with van der Waals surface area (Å²) in [6, 6.07) is 7.51. The lowest BCUT2D eigenvalue weighted by molar-refractivity contribution is -0.117. The number of piperazine rings is 1. The minimum absolute atomic E-state index is 0.0346. The van der Waals surface area contributed by atoms with Crippen LogP contribution >= 0.6 is 11.3 Å². The van der Waals surface area contributed by atoms with Crippen LogP contribution in [0.2, 0.25) is 0 Å². The number of nitrogens with zero attached hydrogens (tertiary/aromatic N) is 2. The molecule has 9 nitrogen and oxygen atoms in total. The van der Waals surface area contributed by atoms with Gasteiger partial charge in [-0.1, -0.05) is 0 Å². The number of hydrogen-bond acceptors (Lipinski definition) is 8. The molecule has 33 heavy (non-hydrogen) atoms. The molecule has 1 aromatic heterocycles. The van der Waals surface area contributed by atoms with Crippen LogP contribution in [-0.4, -0.2) is 67.8 Å². The van der Waals surface area contributed by atoms with E-state index in [0.717, 1.165) is 30.1 Å². The smallest absolute Gasteiger partial charge is 0.341 e. The number of nitrogens with one attached hydrogen (secondary N) is 1. The number of amides is 2. The Balaban J connectivity index is 1.60. The summed E-state index contributed by atoms with van der Waals surface area (Å²) in [5.41, 5.74) is 7.71. The van der Waals surface area contributed by atoms with Gasteiger partial charge in [-0.3, -0.25) is 19.3 Å². The standard InChI is InChI=1S/C23H28N4O5S/c1-4-32-23(31)19-14(2)20(21(24)30)33-22(19)25-18(29)13-26-9-11-27(12-10-26)17-7-5-16(6-8-17)15(3)28/h5-8H,4,9-13H2,1-3H3,(H2,24,30)(H,25,29). The predicted octanol–water partition coefficient (Wildman–Crippen LogP) is 2.30. The molecule has 3 rings (SSSR count). The first-order chi connectivity index (χ1) is 15.7. The van der Waals surface area contributed by atoms with Gasteiger partial charge in [0.25, 0.3) is 5.91 Å².